The van der Waals surface area contributed by atoms with Gasteiger partial charge in [0.1, 0.15) is 5.75 Å². The number of hydrogen-bond donors (Lipinski definition) is 2. The molecule has 0 radical (unpaired) electrons. The summed E-state index contributed by atoms with van der Waals surface area (Å²) >= 11 is 0. The maximum Gasteiger partial charge on any atom is 0.141 e. The zero-order valence-electron chi connectivity index (χ0n) is 11.4. The molecule has 1 unspecified atom stereocenters. The molecule has 0 heterocycles. The summed E-state index contributed by atoms with van der Waals surface area (Å²) in [7, 11) is 1.65. The van der Waals surface area contributed by atoms with Gasteiger partial charge in [0, 0.05) is 12.1 Å². The van der Waals surface area contributed by atoms with Crippen LogP contribution < -0.4 is 15.8 Å². The molecule has 1 saturated carbocycles. The number of nitrogens with one attached hydrogen (secondary N) is 1. The van der Waals surface area contributed by atoms with Gasteiger partial charge in [0.25, 0.3) is 0 Å². The minimum atomic E-state index is 0.501. The van der Waals surface area contributed by atoms with Crippen LogP contribution in [0.15, 0.2) is 18.2 Å². The van der Waals surface area contributed by atoms with Crippen LogP contribution >= 0.6 is 0 Å². The second-order valence-corrected chi connectivity index (χ2v) is 5.33. The van der Waals surface area contributed by atoms with Gasteiger partial charge in [-0.3, -0.25) is 0 Å². The molecule has 1 aromatic carbocycles. The third kappa shape index (κ3) is 3.39. The number of rotatable bonds is 5. The highest BCUT2D eigenvalue weighted by molar-refractivity contribution is 5.54. The molecule has 100 valence electrons. The van der Waals surface area contributed by atoms with Crippen LogP contribution in [-0.4, -0.2) is 19.2 Å². The van der Waals surface area contributed by atoms with Crippen LogP contribution in [-0.2, 0) is 6.42 Å². The smallest absolute Gasteiger partial charge is 0.141 e. The van der Waals surface area contributed by atoms with Crippen LogP contribution in [0.5, 0.6) is 5.75 Å². The van der Waals surface area contributed by atoms with Gasteiger partial charge < -0.3 is 15.8 Å². The molecule has 0 amide bonds. The second kappa shape index (κ2) is 6.10. The lowest BCUT2D eigenvalue weighted by Gasteiger charge is -2.19. The zero-order chi connectivity index (χ0) is 13.0. The Morgan fingerprint density at radius 3 is 2.72 bits per heavy atom. The van der Waals surface area contributed by atoms with Crippen LogP contribution in [0.25, 0.3) is 0 Å². The largest absolute Gasteiger partial charge is 0.495 e. The summed E-state index contributed by atoms with van der Waals surface area (Å²) in [5.74, 6) is 0.759. The Morgan fingerprint density at radius 1 is 1.39 bits per heavy atom. The normalized spacial score (nSPS) is 17.9. The second-order valence-electron chi connectivity index (χ2n) is 5.33. The Hall–Kier alpha value is -1.22. The first kappa shape index (κ1) is 13.2. The fraction of sp³-hybridized carbons (Fsp3) is 0.600. The van der Waals surface area contributed by atoms with E-state index in [-0.39, 0.29) is 0 Å². The minimum Gasteiger partial charge on any atom is -0.495 e. The highest BCUT2D eigenvalue weighted by atomic mass is 16.5. The number of anilines is 1. The fourth-order valence-electron chi connectivity index (χ4n) is 2.82. The molecule has 3 nitrogen and oxygen atoms in total. The lowest BCUT2D eigenvalue weighted by atomic mass is 10.0. The van der Waals surface area contributed by atoms with E-state index in [1.807, 2.05) is 12.1 Å². The molecule has 1 atom stereocenters. The van der Waals surface area contributed by atoms with Crippen LogP contribution in [0.2, 0.25) is 0 Å². The standard InChI is InChI=1S/C15H24N2O/c1-11(17-13-5-3-4-6-13)9-12-7-8-15(18-2)14(16)10-12/h7-8,10-11,13,17H,3-6,9,16H2,1-2H3. The molecule has 1 aromatic rings. The molecule has 0 spiro atoms. The van der Waals surface area contributed by atoms with Crippen molar-refractivity contribution in [3.63, 3.8) is 0 Å². The maximum absolute atomic E-state index is 5.93. The molecule has 0 aromatic heterocycles. The van der Waals surface area contributed by atoms with Crippen LogP contribution in [0, 0.1) is 0 Å². The topological polar surface area (TPSA) is 47.3 Å². The molecule has 1 fully saturated rings. The molecule has 18 heavy (non-hydrogen) atoms. The maximum atomic E-state index is 5.93. The van der Waals surface area contributed by atoms with Gasteiger partial charge in [-0.05, 0) is 43.9 Å². The van der Waals surface area contributed by atoms with Crippen molar-refractivity contribution in [2.75, 3.05) is 12.8 Å². The van der Waals surface area contributed by atoms with E-state index >= 15 is 0 Å². The lowest BCUT2D eigenvalue weighted by Crippen LogP contribution is -2.35. The Bertz CT molecular complexity index is 386. The average Bonchev–Trinajstić information content (AvgIpc) is 2.82. The third-order valence-electron chi connectivity index (χ3n) is 3.71. The van der Waals surface area contributed by atoms with Crippen molar-refractivity contribution < 1.29 is 4.74 Å². The van der Waals surface area contributed by atoms with Crippen molar-refractivity contribution in [1.29, 1.82) is 0 Å². The van der Waals surface area contributed by atoms with E-state index in [1.165, 1.54) is 31.2 Å². The summed E-state index contributed by atoms with van der Waals surface area (Å²) < 4.78 is 5.17. The minimum absolute atomic E-state index is 0.501. The summed E-state index contributed by atoms with van der Waals surface area (Å²) in [6.07, 6.45) is 6.43. The Labute approximate surface area is 110 Å². The van der Waals surface area contributed by atoms with Gasteiger partial charge in [-0.2, -0.15) is 0 Å². The number of benzene rings is 1. The van der Waals surface area contributed by atoms with E-state index in [0.29, 0.717) is 6.04 Å². The van der Waals surface area contributed by atoms with E-state index in [9.17, 15) is 0 Å². The van der Waals surface area contributed by atoms with Gasteiger partial charge in [0.2, 0.25) is 0 Å². The number of nitrogen functional groups attached to an aromatic ring is 1. The van der Waals surface area contributed by atoms with Gasteiger partial charge in [-0.15, -0.1) is 0 Å². The highest BCUT2D eigenvalue weighted by Crippen LogP contribution is 2.23. The molecule has 3 heteroatoms. The van der Waals surface area contributed by atoms with E-state index in [2.05, 4.69) is 18.3 Å². The predicted molar refractivity (Wildman–Crippen MR) is 76.0 cm³/mol. The van der Waals surface area contributed by atoms with E-state index in [1.54, 1.807) is 7.11 Å². The van der Waals surface area contributed by atoms with Gasteiger partial charge in [0.15, 0.2) is 0 Å². The molecule has 1 aliphatic carbocycles. The van der Waals surface area contributed by atoms with Crippen LogP contribution in [0.1, 0.15) is 38.2 Å². The monoisotopic (exact) mass is 248 g/mol. The Kier molecular flexibility index (Phi) is 4.48. The SMILES string of the molecule is COc1ccc(CC(C)NC2CCCC2)cc1N. The molecule has 0 aliphatic heterocycles. The quantitative estimate of drug-likeness (QED) is 0.788. The van der Waals surface area contributed by atoms with Crippen LogP contribution in [0.4, 0.5) is 5.69 Å². The third-order valence-corrected chi connectivity index (χ3v) is 3.71. The predicted octanol–water partition coefficient (Wildman–Crippen LogP) is 2.74. The summed E-state index contributed by atoms with van der Waals surface area (Å²) in [6.45, 7) is 2.25. The number of ether oxygens (including phenoxy) is 1. The van der Waals surface area contributed by atoms with Gasteiger partial charge >= 0.3 is 0 Å². The van der Waals surface area contributed by atoms with E-state index in [0.717, 1.165) is 23.9 Å². The first-order valence-electron chi connectivity index (χ1n) is 6.87. The first-order chi connectivity index (χ1) is 8.69. The molecular weight excluding hydrogens is 224 g/mol. The van der Waals surface area contributed by atoms with Crippen molar-refractivity contribution in [2.45, 2.75) is 51.1 Å². The molecule has 3 N–H and O–H groups in total. The molecule has 0 saturated heterocycles. The fourth-order valence-corrected chi connectivity index (χ4v) is 2.82. The van der Waals surface area contributed by atoms with E-state index in [4.69, 9.17) is 10.5 Å². The summed E-state index contributed by atoms with van der Waals surface area (Å²) in [5, 5.41) is 3.70. The molecule has 0 bridgehead atoms. The lowest BCUT2D eigenvalue weighted by molar-refractivity contribution is 0.416. The molecular formula is C15H24N2O. The zero-order valence-corrected chi connectivity index (χ0v) is 11.4. The molecule has 1 aliphatic rings. The molecule has 2 rings (SSSR count). The number of nitrogens with two attached hydrogens (primary N) is 1. The Morgan fingerprint density at radius 2 is 2.11 bits per heavy atom. The van der Waals surface area contributed by atoms with E-state index < -0.39 is 0 Å². The summed E-state index contributed by atoms with van der Waals surface area (Å²) in [6, 6.07) is 7.29. The van der Waals surface area contributed by atoms with Crippen molar-refractivity contribution in [2.24, 2.45) is 0 Å². The van der Waals surface area contributed by atoms with Gasteiger partial charge in [-0.25, -0.2) is 0 Å². The Balaban J connectivity index is 1.89. The highest BCUT2D eigenvalue weighted by Gasteiger charge is 2.17. The van der Waals surface area contributed by atoms with Crippen molar-refractivity contribution in [1.82, 2.24) is 5.32 Å². The van der Waals surface area contributed by atoms with Crippen molar-refractivity contribution in [3.05, 3.63) is 23.8 Å². The summed E-state index contributed by atoms with van der Waals surface area (Å²) in [4.78, 5) is 0. The number of methoxy groups -OCH3 is 1. The number of hydrogen-bond acceptors (Lipinski definition) is 3. The van der Waals surface area contributed by atoms with Gasteiger partial charge in [-0.1, -0.05) is 18.9 Å². The first-order valence-corrected chi connectivity index (χ1v) is 6.87. The van der Waals surface area contributed by atoms with Crippen LogP contribution in [0.3, 0.4) is 0 Å². The van der Waals surface area contributed by atoms with Crippen molar-refractivity contribution >= 4 is 5.69 Å². The summed E-state index contributed by atoms with van der Waals surface area (Å²) in [5.41, 5.74) is 7.92. The van der Waals surface area contributed by atoms with Crippen molar-refractivity contribution in [3.8, 4) is 5.75 Å². The van der Waals surface area contributed by atoms with Gasteiger partial charge in [0.05, 0.1) is 12.8 Å². The average molecular weight is 248 g/mol.